The minimum absolute atomic E-state index is 0.168. The van der Waals surface area contributed by atoms with Gasteiger partial charge in [-0.1, -0.05) is 40.9 Å². The van der Waals surface area contributed by atoms with Gasteiger partial charge >= 0.3 is 0 Å². The summed E-state index contributed by atoms with van der Waals surface area (Å²) in [5, 5.41) is 0.551. The molecule has 4 nitrogen and oxygen atoms in total. The molecule has 2 fully saturated rings. The van der Waals surface area contributed by atoms with Gasteiger partial charge in [0.15, 0.2) is 4.87 Å². The van der Waals surface area contributed by atoms with Crippen LogP contribution in [0.1, 0.15) is 12.8 Å². The average molecular weight is 396 g/mol. The van der Waals surface area contributed by atoms with E-state index in [9.17, 15) is 9.59 Å². The number of carbonyl (C=O) groups is 2. The van der Waals surface area contributed by atoms with Crippen molar-refractivity contribution in [3.8, 4) is 0 Å². The molecule has 8 heteroatoms. The van der Waals surface area contributed by atoms with E-state index in [2.05, 4.69) is 0 Å². The van der Waals surface area contributed by atoms with Gasteiger partial charge < -0.3 is 9.80 Å². The molecule has 3 rings (SSSR count). The number of amides is 2. The quantitative estimate of drug-likeness (QED) is 0.735. The van der Waals surface area contributed by atoms with Crippen LogP contribution in [-0.2, 0) is 9.59 Å². The zero-order chi connectivity index (χ0) is 17.0. The Bertz CT molecular complexity index is 681. The van der Waals surface area contributed by atoms with E-state index >= 15 is 0 Å². The molecule has 0 bridgehead atoms. The molecule has 1 aliphatic carbocycles. The van der Waals surface area contributed by atoms with Crippen molar-refractivity contribution in [1.29, 1.82) is 0 Å². The molecule has 2 aliphatic rings. The van der Waals surface area contributed by atoms with E-state index in [1.807, 2.05) is 0 Å². The molecule has 1 aliphatic heterocycles. The minimum Gasteiger partial charge on any atom is -0.332 e. The normalized spacial score (nSPS) is 28.8. The van der Waals surface area contributed by atoms with Crippen LogP contribution in [0.3, 0.4) is 0 Å². The summed E-state index contributed by atoms with van der Waals surface area (Å²) in [6, 6.07) is 6.46. The number of benzene rings is 1. The first-order valence-corrected chi connectivity index (χ1v) is 8.59. The second-order valence-corrected chi connectivity index (χ2v) is 8.44. The molecule has 2 unspecified atom stereocenters. The lowest BCUT2D eigenvalue weighted by molar-refractivity contribution is -0.137. The summed E-state index contributed by atoms with van der Waals surface area (Å²) in [4.78, 5) is 26.8. The highest BCUT2D eigenvalue weighted by atomic mass is 35.5. The smallest absolute Gasteiger partial charge is 0.249 e. The monoisotopic (exact) mass is 394 g/mol. The highest BCUT2D eigenvalue weighted by molar-refractivity contribution is 6.62. The summed E-state index contributed by atoms with van der Waals surface area (Å²) in [5.41, 5.74) is 0.710. The third-order valence-corrected chi connectivity index (χ3v) is 6.30. The fourth-order valence-electron chi connectivity index (χ4n) is 2.84. The SMILES string of the molecule is CN(C(=O)C1(Cl)CC1(Cl)Cl)C1CCN(c2cccc(Cl)c2)C1=O. The summed E-state index contributed by atoms with van der Waals surface area (Å²) in [6.07, 6.45) is 0.685. The summed E-state index contributed by atoms with van der Waals surface area (Å²) >= 11 is 24.1. The standard InChI is InChI=1S/C15H14Cl4N2O2/c1-20(13(23)14(17)8-15(14,18)19)11-5-6-21(12(11)22)10-4-2-3-9(16)7-10/h2-4,7,11H,5-6,8H2,1H3. The lowest BCUT2D eigenvalue weighted by atomic mass is 10.2. The zero-order valence-electron chi connectivity index (χ0n) is 12.2. The molecule has 0 radical (unpaired) electrons. The Hall–Kier alpha value is -0.680. The molecule has 1 aromatic carbocycles. The highest BCUT2D eigenvalue weighted by Gasteiger charge is 2.72. The Morgan fingerprint density at radius 2 is 2.00 bits per heavy atom. The fraction of sp³-hybridized carbons (Fsp3) is 0.467. The summed E-state index contributed by atoms with van der Waals surface area (Å²) < 4.78 is -1.27. The molecular weight excluding hydrogens is 382 g/mol. The van der Waals surface area contributed by atoms with Crippen molar-refractivity contribution in [2.75, 3.05) is 18.5 Å². The third-order valence-electron chi connectivity index (χ3n) is 4.34. The van der Waals surface area contributed by atoms with Gasteiger partial charge in [0.1, 0.15) is 10.4 Å². The van der Waals surface area contributed by atoms with Gasteiger partial charge in [-0.3, -0.25) is 9.59 Å². The Kier molecular flexibility index (Phi) is 4.25. The van der Waals surface area contributed by atoms with Crippen molar-refractivity contribution in [2.45, 2.75) is 28.1 Å². The first-order chi connectivity index (χ1) is 10.7. The maximum Gasteiger partial charge on any atom is 0.249 e. The summed E-state index contributed by atoms with van der Waals surface area (Å²) in [6.45, 7) is 0.504. The number of carbonyl (C=O) groups excluding carboxylic acids is 2. The van der Waals surface area contributed by atoms with Crippen molar-refractivity contribution >= 4 is 63.9 Å². The van der Waals surface area contributed by atoms with E-state index < -0.39 is 21.2 Å². The number of nitrogens with zero attached hydrogens (tertiary/aromatic N) is 2. The van der Waals surface area contributed by atoms with Gasteiger partial charge in [-0.15, -0.1) is 11.6 Å². The second-order valence-electron chi connectivity index (χ2n) is 5.87. The van der Waals surface area contributed by atoms with E-state index in [0.717, 1.165) is 0 Å². The van der Waals surface area contributed by atoms with Crippen LogP contribution in [-0.4, -0.2) is 45.6 Å². The number of hydrogen-bond donors (Lipinski definition) is 0. The maximum atomic E-state index is 12.7. The van der Waals surface area contributed by atoms with E-state index in [1.165, 1.54) is 4.90 Å². The van der Waals surface area contributed by atoms with E-state index in [0.29, 0.717) is 23.7 Å². The molecule has 1 saturated carbocycles. The highest BCUT2D eigenvalue weighted by Crippen LogP contribution is 2.62. The predicted molar refractivity (Wildman–Crippen MR) is 92.6 cm³/mol. The van der Waals surface area contributed by atoms with Crippen molar-refractivity contribution in [3.05, 3.63) is 29.3 Å². The van der Waals surface area contributed by atoms with Crippen LogP contribution in [0.25, 0.3) is 0 Å². The average Bonchev–Trinajstić information content (AvgIpc) is 2.81. The zero-order valence-corrected chi connectivity index (χ0v) is 15.3. The van der Waals surface area contributed by atoms with Gasteiger partial charge in [-0.05, 0) is 24.6 Å². The molecule has 0 N–H and O–H groups in total. The Morgan fingerprint density at radius 1 is 1.35 bits per heavy atom. The largest absolute Gasteiger partial charge is 0.332 e. The number of halogens is 4. The lowest BCUT2D eigenvalue weighted by Crippen LogP contribution is -2.47. The summed E-state index contributed by atoms with van der Waals surface area (Å²) in [7, 11) is 1.55. The molecule has 0 aromatic heterocycles. The van der Waals surface area contributed by atoms with Crippen LogP contribution >= 0.6 is 46.4 Å². The number of alkyl halides is 3. The second kappa shape index (κ2) is 5.69. The van der Waals surface area contributed by atoms with Crippen LogP contribution in [0, 0.1) is 0 Å². The minimum atomic E-state index is -1.34. The molecule has 124 valence electrons. The molecule has 1 saturated heterocycles. The number of likely N-dealkylation sites (N-methyl/N-ethyl adjacent to an activating group) is 1. The van der Waals surface area contributed by atoms with E-state index in [1.54, 1.807) is 36.2 Å². The molecule has 2 amide bonds. The molecule has 0 spiro atoms. The van der Waals surface area contributed by atoms with Crippen LogP contribution < -0.4 is 4.90 Å². The van der Waals surface area contributed by atoms with E-state index in [-0.39, 0.29) is 12.3 Å². The van der Waals surface area contributed by atoms with Crippen molar-refractivity contribution in [2.24, 2.45) is 0 Å². The van der Waals surface area contributed by atoms with Gasteiger partial charge in [0.2, 0.25) is 11.8 Å². The fourth-order valence-corrected chi connectivity index (χ4v) is 4.06. The Balaban J connectivity index is 1.76. The molecule has 1 aromatic rings. The van der Waals surface area contributed by atoms with Crippen LogP contribution in [0.5, 0.6) is 0 Å². The van der Waals surface area contributed by atoms with Gasteiger partial charge in [0.05, 0.1) is 0 Å². The van der Waals surface area contributed by atoms with Crippen molar-refractivity contribution < 1.29 is 9.59 Å². The van der Waals surface area contributed by atoms with Crippen LogP contribution in [0.4, 0.5) is 5.69 Å². The first-order valence-electron chi connectivity index (χ1n) is 7.08. The molecule has 23 heavy (non-hydrogen) atoms. The van der Waals surface area contributed by atoms with Gasteiger partial charge in [-0.25, -0.2) is 0 Å². The van der Waals surface area contributed by atoms with Gasteiger partial charge in [0, 0.05) is 30.7 Å². The maximum absolute atomic E-state index is 12.7. The molecular formula is C15H14Cl4N2O2. The third kappa shape index (κ3) is 2.80. The van der Waals surface area contributed by atoms with Gasteiger partial charge in [-0.2, -0.15) is 0 Å². The molecule has 2 atom stereocenters. The molecule has 1 heterocycles. The van der Waals surface area contributed by atoms with E-state index in [4.69, 9.17) is 46.4 Å². The Morgan fingerprint density at radius 3 is 2.57 bits per heavy atom. The van der Waals surface area contributed by atoms with Crippen molar-refractivity contribution in [3.63, 3.8) is 0 Å². The summed E-state index contributed by atoms with van der Waals surface area (Å²) in [5.74, 6) is -0.589. The lowest BCUT2D eigenvalue weighted by Gasteiger charge is -2.26. The van der Waals surface area contributed by atoms with Crippen LogP contribution in [0.15, 0.2) is 24.3 Å². The number of anilines is 1. The first kappa shape index (κ1) is 17.2. The van der Waals surface area contributed by atoms with Crippen LogP contribution in [0.2, 0.25) is 5.02 Å². The number of hydrogen-bond acceptors (Lipinski definition) is 2. The number of rotatable bonds is 3. The van der Waals surface area contributed by atoms with Crippen molar-refractivity contribution in [1.82, 2.24) is 4.90 Å². The predicted octanol–water partition coefficient (Wildman–Crippen LogP) is 3.46. The Labute approximate surface area is 154 Å². The topological polar surface area (TPSA) is 40.6 Å². The van der Waals surface area contributed by atoms with Gasteiger partial charge in [0.25, 0.3) is 0 Å².